The van der Waals surface area contributed by atoms with Crippen molar-refractivity contribution >= 4 is 23.5 Å². The summed E-state index contributed by atoms with van der Waals surface area (Å²) >= 11 is 0. The van der Waals surface area contributed by atoms with E-state index in [-0.39, 0.29) is 5.82 Å². The summed E-state index contributed by atoms with van der Waals surface area (Å²) in [6.45, 7) is 6.18. The molecule has 4 heteroatoms. The Balaban J connectivity index is 1.83. The maximum atomic E-state index is 14.8. The predicted octanol–water partition coefficient (Wildman–Crippen LogP) is 5.78. The van der Waals surface area contributed by atoms with Crippen molar-refractivity contribution in [2.24, 2.45) is 0 Å². The fourth-order valence-electron chi connectivity index (χ4n) is 3.07. The first kappa shape index (κ1) is 19.4. The number of hydrogen-bond acceptors (Lipinski definition) is 3. The van der Waals surface area contributed by atoms with Gasteiger partial charge in [-0.3, -0.25) is 4.98 Å². The van der Waals surface area contributed by atoms with Gasteiger partial charge in [-0.05, 0) is 53.4 Å². The molecule has 0 aliphatic rings. The van der Waals surface area contributed by atoms with Gasteiger partial charge in [0.1, 0.15) is 5.82 Å². The summed E-state index contributed by atoms with van der Waals surface area (Å²) in [6, 6.07) is 13.0. The van der Waals surface area contributed by atoms with Crippen molar-refractivity contribution in [3.8, 4) is 11.1 Å². The van der Waals surface area contributed by atoms with Crippen molar-refractivity contribution in [1.29, 1.82) is 0 Å². The van der Waals surface area contributed by atoms with E-state index in [2.05, 4.69) is 11.6 Å². The number of aromatic nitrogens is 1. The lowest BCUT2D eigenvalue weighted by molar-refractivity contribution is 0.608. The number of halogens is 1. The summed E-state index contributed by atoms with van der Waals surface area (Å²) in [5.41, 5.74) is 11.7. The summed E-state index contributed by atoms with van der Waals surface area (Å²) < 4.78 is 14.8. The molecule has 0 saturated carbocycles. The van der Waals surface area contributed by atoms with E-state index in [1.165, 1.54) is 0 Å². The number of anilines is 2. The quantitative estimate of drug-likeness (QED) is 0.557. The minimum absolute atomic E-state index is 0.237. The highest BCUT2D eigenvalue weighted by molar-refractivity contribution is 5.73. The van der Waals surface area contributed by atoms with Crippen molar-refractivity contribution in [2.75, 3.05) is 17.7 Å². The van der Waals surface area contributed by atoms with E-state index in [0.29, 0.717) is 17.8 Å². The minimum atomic E-state index is -0.237. The van der Waals surface area contributed by atoms with Crippen molar-refractivity contribution < 1.29 is 4.39 Å². The lowest BCUT2D eigenvalue weighted by Gasteiger charge is -2.20. The molecule has 1 aromatic heterocycles. The fraction of sp³-hybridized carbons (Fsp3) is 0.125. The molecular weight excluding hydrogens is 349 g/mol. The maximum absolute atomic E-state index is 14.8. The Morgan fingerprint density at radius 2 is 1.86 bits per heavy atom. The van der Waals surface area contributed by atoms with Gasteiger partial charge in [-0.25, -0.2) is 4.39 Å². The number of benzene rings is 2. The number of allylic oxidation sites excluding steroid dienone is 1. The molecule has 1 heterocycles. The molecule has 2 aromatic carbocycles. The molecule has 0 atom stereocenters. The highest BCUT2D eigenvalue weighted by atomic mass is 19.1. The van der Waals surface area contributed by atoms with Crippen LogP contribution >= 0.6 is 0 Å². The minimum Gasteiger partial charge on any atom is -0.398 e. The second kappa shape index (κ2) is 8.53. The van der Waals surface area contributed by atoms with Crippen LogP contribution in [-0.2, 0) is 6.54 Å². The summed E-state index contributed by atoms with van der Waals surface area (Å²) in [6.07, 6.45) is 9.24. The van der Waals surface area contributed by atoms with Crippen LogP contribution in [0.2, 0.25) is 0 Å². The number of hydrogen-bond donors (Lipinski definition) is 1. The molecule has 3 rings (SSSR count). The molecule has 28 heavy (non-hydrogen) atoms. The van der Waals surface area contributed by atoms with Gasteiger partial charge in [-0.1, -0.05) is 43.0 Å². The standard InChI is InChI=1S/C24H24FN3/c1-4-6-17-11-22(15-27-14-17)28(3)16-21-8-7-20(13-23(21)25)19-9-10-24(26)18(5-2)12-19/h4-15H,2,16,26H2,1,3H3/b6-4+. The van der Waals surface area contributed by atoms with Crippen molar-refractivity contribution in [3.05, 3.63) is 90.0 Å². The topological polar surface area (TPSA) is 42.2 Å². The van der Waals surface area contributed by atoms with Gasteiger partial charge in [-0.15, -0.1) is 0 Å². The van der Waals surface area contributed by atoms with Crippen molar-refractivity contribution in [1.82, 2.24) is 4.98 Å². The van der Waals surface area contributed by atoms with E-state index < -0.39 is 0 Å². The SMILES string of the molecule is C=Cc1cc(-c2ccc(CN(C)c3cncc(/C=C/C)c3)c(F)c2)ccc1N. The zero-order valence-corrected chi connectivity index (χ0v) is 16.2. The summed E-state index contributed by atoms with van der Waals surface area (Å²) in [5, 5.41) is 0. The number of nitrogen functional groups attached to an aromatic ring is 1. The summed E-state index contributed by atoms with van der Waals surface area (Å²) in [4.78, 5) is 6.24. The summed E-state index contributed by atoms with van der Waals surface area (Å²) in [5.74, 6) is -0.237. The average molecular weight is 373 g/mol. The third-order valence-electron chi connectivity index (χ3n) is 4.65. The highest BCUT2D eigenvalue weighted by Crippen LogP contribution is 2.27. The number of nitrogens with zero attached hydrogens (tertiary/aromatic N) is 2. The van der Waals surface area contributed by atoms with Gasteiger partial charge in [0.15, 0.2) is 0 Å². The predicted molar refractivity (Wildman–Crippen MR) is 117 cm³/mol. The van der Waals surface area contributed by atoms with Crippen LogP contribution in [0.15, 0.2) is 67.5 Å². The van der Waals surface area contributed by atoms with E-state index in [0.717, 1.165) is 27.9 Å². The molecule has 0 spiro atoms. The normalized spacial score (nSPS) is 11.0. The molecular formula is C24H24FN3. The van der Waals surface area contributed by atoms with E-state index >= 15 is 0 Å². The first-order chi connectivity index (χ1) is 13.5. The van der Waals surface area contributed by atoms with Crippen LogP contribution in [0.5, 0.6) is 0 Å². The Kier molecular flexibility index (Phi) is 5.90. The van der Waals surface area contributed by atoms with Gasteiger partial charge in [0, 0.05) is 31.0 Å². The van der Waals surface area contributed by atoms with Crippen LogP contribution in [0.3, 0.4) is 0 Å². The van der Waals surface area contributed by atoms with Crippen molar-refractivity contribution in [2.45, 2.75) is 13.5 Å². The molecule has 3 nitrogen and oxygen atoms in total. The van der Waals surface area contributed by atoms with E-state index in [4.69, 9.17) is 5.73 Å². The Labute approximate surface area is 165 Å². The zero-order chi connectivity index (χ0) is 20.1. The van der Waals surface area contributed by atoms with Gasteiger partial charge in [-0.2, -0.15) is 0 Å². The Morgan fingerprint density at radius 1 is 1.11 bits per heavy atom. The van der Waals surface area contributed by atoms with Crippen LogP contribution in [0.1, 0.15) is 23.6 Å². The molecule has 3 aromatic rings. The molecule has 0 saturated heterocycles. The number of rotatable bonds is 6. The molecule has 142 valence electrons. The van der Waals surface area contributed by atoms with Gasteiger partial charge >= 0.3 is 0 Å². The fourth-order valence-corrected chi connectivity index (χ4v) is 3.07. The smallest absolute Gasteiger partial charge is 0.128 e. The first-order valence-electron chi connectivity index (χ1n) is 9.11. The van der Waals surface area contributed by atoms with Crippen LogP contribution in [-0.4, -0.2) is 12.0 Å². The molecule has 0 aliphatic carbocycles. The molecule has 0 aliphatic heterocycles. The van der Waals surface area contributed by atoms with Gasteiger partial charge in [0.2, 0.25) is 0 Å². The van der Waals surface area contributed by atoms with Crippen LogP contribution in [0.25, 0.3) is 23.3 Å². The van der Waals surface area contributed by atoms with Gasteiger partial charge < -0.3 is 10.6 Å². The van der Waals surface area contributed by atoms with Crippen LogP contribution in [0, 0.1) is 5.82 Å². The zero-order valence-electron chi connectivity index (χ0n) is 16.2. The second-order valence-electron chi connectivity index (χ2n) is 6.69. The third-order valence-corrected chi connectivity index (χ3v) is 4.65. The third kappa shape index (κ3) is 4.29. The molecule has 0 bridgehead atoms. The largest absolute Gasteiger partial charge is 0.398 e. The van der Waals surface area contributed by atoms with E-state index in [1.54, 1.807) is 24.5 Å². The Morgan fingerprint density at radius 3 is 2.57 bits per heavy atom. The van der Waals surface area contributed by atoms with Gasteiger partial charge in [0.05, 0.1) is 11.9 Å². The molecule has 0 radical (unpaired) electrons. The molecule has 0 fully saturated rings. The summed E-state index contributed by atoms with van der Waals surface area (Å²) in [7, 11) is 1.93. The first-order valence-corrected chi connectivity index (χ1v) is 9.11. The molecule has 0 unspecified atom stereocenters. The highest BCUT2D eigenvalue weighted by Gasteiger charge is 2.10. The molecule has 0 amide bonds. The van der Waals surface area contributed by atoms with E-state index in [1.807, 2.05) is 67.4 Å². The Hall–Kier alpha value is -3.40. The number of nitrogens with two attached hydrogens (primary N) is 1. The monoisotopic (exact) mass is 373 g/mol. The lowest BCUT2D eigenvalue weighted by atomic mass is 10.00. The van der Waals surface area contributed by atoms with Crippen LogP contribution in [0.4, 0.5) is 15.8 Å². The van der Waals surface area contributed by atoms with Crippen molar-refractivity contribution in [3.63, 3.8) is 0 Å². The lowest BCUT2D eigenvalue weighted by Crippen LogP contribution is -2.17. The molecule has 2 N–H and O–H groups in total. The Bertz CT molecular complexity index is 1020. The average Bonchev–Trinajstić information content (AvgIpc) is 2.70. The van der Waals surface area contributed by atoms with Gasteiger partial charge in [0.25, 0.3) is 0 Å². The maximum Gasteiger partial charge on any atom is 0.128 e. The van der Waals surface area contributed by atoms with E-state index in [9.17, 15) is 4.39 Å². The van der Waals surface area contributed by atoms with Crippen LogP contribution < -0.4 is 10.6 Å². The number of pyridine rings is 1. The second-order valence-corrected chi connectivity index (χ2v) is 6.69.